The lowest BCUT2D eigenvalue weighted by atomic mass is 10.2. The van der Waals surface area contributed by atoms with Gasteiger partial charge in [0.25, 0.3) is 0 Å². The molecule has 3 heterocycles. The van der Waals surface area contributed by atoms with Crippen LogP contribution in [-0.2, 0) is 0 Å². The van der Waals surface area contributed by atoms with E-state index in [2.05, 4.69) is 29.2 Å². The molecule has 0 bridgehead atoms. The number of aryl methyl sites for hydroxylation is 2. The third kappa shape index (κ3) is 1.52. The maximum Gasteiger partial charge on any atom is 0.159 e. The highest BCUT2D eigenvalue weighted by atomic mass is 32.1. The van der Waals surface area contributed by atoms with Gasteiger partial charge in [0.15, 0.2) is 5.82 Å². The van der Waals surface area contributed by atoms with Crippen LogP contribution in [0.2, 0.25) is 0 Å². The van der Waals surface area contributed by atoms with Gasteiger partial charge in [-0.1, -0.05) is 0 Å². The van der Waals surface area contributed by atoms with E-state index < -0.39 is 0 Å². The van der Waals surface area contributed by atoms with E-state index in [0.29, 0.717) is 5.82 Å². The van der Waals surface area contributed by atoms with Crippen LogP contribution in [-0.4, -0.2) is 16.5 Å². The van der Waals surface area contributed by atoms with Crippen molar-refractivity contribution < 1.29 is 0 Å². The van der Waals surface area contributed by atoms with Crippen LogP contribution in [0.5, 0.6) is 0 Å². The zero-order valence-electron chi connectivity index (χ0n) is 9.69. The Bertz CT molecular complexity index is 616. The second-order valence-corrected chi connectivity index (χ2v) is 5.25. The molecule has 0 radical (unpaired) electrons. The number of nitrogens with one attached hydrogen (secondary N) is 1. The van der Waals surface area contributed by atoms with Crippen LogP contribution in [0.1, 0.15) is 10.4 Å². The number of nitrogens with two attached hydrogens (primary N) is 1. The minimum atomic E-state index is 0.668. The van der Waals surface area contributed by atoms with E-state index in [1.165, 1.54) is 10.4 Å². The molecule has 2 aromatic rings. The fourth-order valence-corrected chi connectivity index (χ4v) is 2.94. The van der Waals surface area contributed by atoms with Crippen molar-refractivity contribution in [2.75, 3.05) is 11.6 Å². The molecule has 0 saturated carbocycles. The summed E-state index contributed by atoms with van der Waals surface area (Å²) in [7, 11) is 0. The first kappa shape index (κ1) is 10.3. The number of rotatable bonds is 1. The van der Waals surface area contributed by atoms with Gasteiger partial charge in [0.1, 0.15) is 17.0 Å². The molecule has 0 atom stereocenters. The van der Waals surface area contributed by atoms with Crippen LogP contribution in [0.3, 0.4) is 0 Å². The van der Waals surface area contributed by atoms with Crippen molar-refractivity contribution >= 4 is 27.4 Å². The predicted octanol–water partition coefficient (Wildman–Crippen LogP) is 1.43. The molecular weight excluding hydrogens is 234 g/mol. The van der Waals surface area contributed by atoms with Crippen molar-refractivity contribution in [3.05, 3.63) is 28.7 Å². The SMILES string of the molecule is Cc1sc2ncnc(N3CC=C(N)N3)c2c1C. The third-order valence-electron chi connectivity index (χ3n) is 2.96. The first-order valence-electron chi connectivity index (χ1n) is 5.37. The molecule has 5 nitrogen and oxygen atoms in total. The zero-order chi connectivity index (χ0) is 12.0. The van der Waals surface area contributed by atoms with Crippen LogP contribution < -0.4 is 16.2 Å². The lowest BCUT2D eigenvalue weighted by Crippen LogP contribution is -2.34. The molecule has 0 aliphatic carbocycles. The van der Waals surface area contributed by atoms with Gasteiger partial charge in [0, 0.05) is 4.88 Å². The molecule has 0 aromatic carbocycles. The van der Waals surface area contributed by atoms with E-state index in [1.54, 1.807) is 17.7 Å². The van der Waals surface area contributed by atoms with Gasteiger partial charge in [0.05, 0.1) is 11.9 Å². The largest absolute Gasteiger partial charge is 0.384 e. The lowest BCUT2D eigenvalue weighted by molar-refractivity contribution is 0.784. The number of hydrazine groups is 1. The van der Waals surface area contributed by atoms with Crippen molar-refractivity contribution in [3.63, 3.8) is 0 Å². The van der Waals surface area contributed by atoms with E-state index in [9.17, 15) is 0 Å². The quantitative estimate of drug-likeness (QED) is 0.798. The summed E-state index contributed by atoms with van der Waals surface area (Å²) in [6, 6.07) is 0. The first-order valence-corrected chi connectivity index (χ1v) is 6.19. The summed E-state index contributed by atoms with van der Waals surface area (Å²) in [5.41, 5.74) is 10.0. The molecule has 0 fully saturated rings. The molecule has 2 aromatic heterocycles. The summed E-state index contributed by atoms with van der Waals surface area (Å²) >= 11 is 1.70. The Morgan fingerprint density at radius 3 is 2.94 bits per heavy atom. The van der Waals surface area contributed by atoms with Crippen molar-refractivity contribution in [1.82, 2.24) is 15.4 Å². The average molecular weight is 247 g/mol. The fourth-order valence-electron chi connectivity index (χ4n) is 1.94. The van der Waals surface area contributed by atoms with Gasteiger partial charge in [-0.25, -0.2) is 9.97 Å². The van der Waals surface area contributed by atoms with E-state index in [0.717, 1.165) is 22.6 Å². The molecule has 17 heavy (non-hydrogen) atoms. The van der Waals surface area contributed by atoms with Crippen molar-refractivity contribution in [2.45, 2.75) is 13.8 Å². The van der Waals surface area contributed by atoms with Crippen LogP contribution >= 0.6 is 11.3 Å². The van der Waals surface area contributed by atoms with Crippen LogP contribution in [0.4, 0.5) is 5.82 Å². The van der Waals surface area contributed by atoms with Gasteiger partial charge in [-0.15, -0.1) is 11.3 Å². The van der Waals surface area contributed by atoms with Crippen LogP contribution in [0.25, 0.3) is 10.2 Å². The van der Waals surface area contributed by atoms with Gasteiger partial charge in [-0.05, 0) is 25.5 Å². The average Bonchev–Trinajstić information content (AvgIpc) is 2.85. The maximum absolute atomic E-state index is 5.72. The van der Waals surface area contributed by atoms with Gasteiger partial charge >= 0.3 is 0 Å². The Balaban J connectivity index is 2.16. The molecule has 0 amide bonds. The number of hydrogen-bond acceptors (Lipinski definition) is 6. The predicted molar refractivity (Wildman–Crippen MR) is 69.6 cm³/mol. The standard InChI is InChI=1S/C11H13N5S/c1-6-7(2)17-11-9(6)10(13-5-14-11)16-4-3-8(12)15-16/h3,5,15H,4,12H2,1-2H3. The number of aromatic nitrogens is 2. The molecule has 1 aliphatic rings. The molecule has 88 valence electrons. The monoisotopic (exact) mass is 247 g/mol. The van der Waals surface area contributed by atoms with E-state index in [4.69, 9.17) is 5.73 Å². The smallest absolute Gasteiger partial charge is 0.159 e. The van der Waals surface area contributed by atoms with Crippen LogP contribution in [0, 0.1) is 13.8 Å². The molecule has 0 unspecified atom stereocenters. The van der Waals surface area contributed by atoms with E-state index in [-0.39, 0.29) is 0 Å². The molecule has 0 spiro atoms. The number of nitrogens with zero attached hydrogens (tertiary/aromatic N) is 3. The highest BCUT2D eigenvalue weighted by Gasteiger charge is 2.19. The number of anilines is 1. The summed E-state index contributed by atoms with van der Waals surface area (Å²) in [4.78, 5) is 11.0. The van der Waals surface area contributed by atoms with Crippen molar-refractivity contribution in [1.29, 1.82) is 0 Å². The Kier molecular flexibility index (Phi) is 2.19. The summed E-state index contributed by atoms with van der Waals surface area (Å²) in [5, 5.41) is 3.06. The second-order valence-electron chi connectivity index (χ2n) is 4.04. The Labute approximate surface area is 103 Å². The highest BCUT2D eigenvalue weighted by molar-refractivity contribution is 7.18. The topological polar surface area (TPSA) is 67.1 Å². The van der Waals surface area contributed by atoms with E-state index >= 15 is 0 Å². The lowest BCUT2D eigenvalue weighted by Gasteiger charge is -2.18. The minimum absolute atomic E-state index is 0.668. The minimum Gasteiger partial charge on any atom is -0.384 e. The van der Waals surface area contributed by atoms with Crippen molar-refractivity contribution in [2.24, 2.45) is 5.73 Å². The number of hydrogen-bond donors (Lipinski definition) is 2. The van der Waals surface area contributed by atoms with Gasteiger partial charge in [-0.2, -0.15) is 0 Å². The summed E-state index contributed by atoms with van der Waals surface area (Å²) in [6.07, 6.45) is 3.53. The van der Waals surface area contributed by atoms with Gasteiger partial charge < -0.3 is 5.73 Å². The van der Waals surface area contributed by atoms with E-state index in [1.807, 2.05) is 11.1 Å². The Morgan fingerprint density at radius 1 is 1.41 bits per heavy atom. The van der Waals surface area contributed by atoms with Gasteiger partial charge in [-0.3, -0.25) is 10.4 Å². The fraction of sp³-hybridized carbons (Fsp3) is 0.273. The summed E-state index contributed by atoms with van der Waals surface area (Å²) in [6.45, 7) is 4.94. The molecule has 0 saturated heterocycles. The summed E-state index contributed by atoms with van der Waals surface area (Å²) in [5.74, 6) is 1.56. The number of fused-ring (bicyclic) bond motifs is 1. The van der Waals surface area contributed by atoms with Crippen molar-refractivity contribution in [3.8, 4) is 0 Å². The number of thiophene rings is 1. The second kappa shape index (κ2) is 3.59. The molecular formula is C11H13N5S. The zero-order valence-corrected chi connectivity index (χ0v) is 10.5. The normalized spacial score (nSPS) is 15.2. The van der Waals surface area contributed by atoms with Gasteiger partial charge in [0.2, 0.25) is 0 Å². The maximum atomic E-state index is 5.72. The molecule has 3 rings (SSSR count). The highest BCUT2D eigenvalue weighted by Crippen LogP contribution is 2.34. The summed E-state index contributed by atoms with van der Waals surface area (Å²) < 4.78 is 0. The first-order chi connectivity index (χ1) is 8.16. The molecule has 3 N–H and O–H groups in total. The third-order valence-corrected chi connectivity index (χ3v) is 4.07. The van der Waals surface area contributed by atoms with Crippen LogP contribution in [0.15, 0.2) is 18.2 Å². The molecule has 6 heteroatoms. The Morgan fingerprint density at radius 2 is 2.24 bits per heavy atom. The molecule has 1 aliphatic heterocycles. The Hall–Kier alpha value is -1.82.